The predicted molar refractivity (Wildman–Crippen MR) is 97.2 cm³/mol. The van der Waals surface area contributed by atoms with Gasteiger partial charge in [-0.2, -0.15) is 0 Å². The van der Waals surface area contributed by atoms with Crippen LogP contribution in [-0.2, 0) is 6.42 Å². The predicted octanol–water partition coefficient (Wildman–Crippen LogP) is 4.27. The third-order valence-electron chi connectivity index (χ3n) is 3.74. The molecule has 0 saturated heterocycles. The number of hydrogen-bond donors (Lipinski definition) is 2. The van der Waals surface area contributed by atoms with Crippen LogP contribution >= 0.6 is 0 Å². The monoisotopic (exact) mass is 353 g/mol. The van der Waals surface area contributed by atoms with E-state index in [-0.39, 0.29) is 11.7 Å². The molecule has 2 N–H and O–H groups in total. The number of aromatic nitrogens is 1. The van der Waals surface area contributed by atoms with Gasteiger partial charge in [-0.25, -0.2) is 13.8 Å². The number of amides is 1. The molecule has 0 bridgehead atoms. The Labute approximate surface area is 149 Å². The number of nitrogens with one attached hydrogen (secondary N) is 2. The van der Waals surface area contributed by atoms with Gasteiger partial charge in [0.2, 0.25) is 0 Å². The molecule has 0 fully saturated rings. The highest BCUT2D eigenvalue weighted by atomic mass is 19.1. The molecule has 0 spiro atoms. The third kappa shape index (κ3) is 4.86. The number of carbonyl (C=O) groups excluding carboxylic acids is 1. The van der Waals surface area contributed by atoms with E-state index < -0.39 is 5.82 Å². The van der Waals surface area contributed by atoms with E-state index in [1.807, 2.05) is 0 Å². The molecule has 3 aromatic rings. The van der Waals surface area contributed by atoms with Crippen molar-refractivity contribution in [2.45, 2.75) is 6.42 Å². The number of benzene rings is 2. The first-order chi connectivity index (χ1) is 12.6. The number of hydrogen-bond acceptors (Lipinski definition) is 3. The third-order valence-corrected chi connectivity index (χ3v) is 3.74. The zero-order valence-corrected chi connectivity index (χ0v) is 13.9. The average molecular weight is 353 g/mol. The van der Waals surface area contributed by atoms with Gasteiger partial charge in [0, 0.05) is 24.0 Å². The van der Waals surface area contributed by atoms with Crippen molar-refractivity contribution in [1.82, 2.24) is 4.98 Å². The van der Waals surface area contributed by atoms with Crippen molar-refractivity contribution in [3.8, 4) is 0 Å². The molecule has 6 heteroatoms. The molecule has 1 aromatic heterocycles. The highest BCUT2D eigenvalue weighted by Crippen LogP contribution is 2.13. The minimum atomic E-state index is -0.416. The van der Waals surface area contributed by atoms with E-state index in [0.717, 1.165) is 5.56 Å². The fraction of sp³-hybridized carbons (Fsp3) is 0.100. The molecule has 0 atom stereocenters. The van der Waals surface area contributed by atoms with Gasteiger partial charge in [0.1, 0.15) is 17.5 Å². The molecule has 0 aliphatic rings. The molecule has 26 heavy (non-hydrogen) atoms. The van der Waals surface area contributed by atoms with E-state index in [9.17, 15) is 13.6 Å². The van der Waals surface area contributed by atoms with Crippen LogP contribution in [0.5, 0.6) is 0 Å². The molecular formula is C20H17F2N3O. The van der Waals surface area contributed by atoms with Crippen LogP contribution in [0.25, 0.3) is 0 Å². The lowest BCUT2D eigenvalue weighted by molar-refractivity contribution is 0.102. The van der Waals surface area contributed by atoms with Crippen molar-refractivity contribution in [2.75, 3.05) is 17.2 Å². The maximum Gasteiger partial charge on any atom is 0.255 e. The molecule has 132 valence electrons. The van der Waals surface area contributed by atoms with Gasteiger partial charge in [0.25, 0.3) is 5.91 Å². The van der Waals surface area contributed by atoms with Crippen molar-refractivity contribution >= 4 is 17.4 Å². The number of halogens is 2. The summed E-state index contributed by atoms with van der Waals surface area (Å²) >= 11 is 0. The normalized spacial score (nSPS) is 10.4. The van der Waals surface area contributed by atoms with Gasteiger partial charge in [-0.3, -0.25) is 4.79 Å². The highest BCUT2D eigenvalue weighted by molar-refractivity contribution is 6.04. The second-order valence-corrected chi connectivity index (χ2v) is 5.70. The fourth-order valence-electron chi connectivity index (χ4n) is 2.42. The second-order valence-electron chi connectivity index (χ2n) is 5.70. The summed E-state index contributed by atoms with van der Waals surface area (Å²) in [5.41, 5.74) is 1.80. The van der Waals surface area contributed by atoms with E-state index in [1.54, 1.807) is 30.3 Å². The topological polar surface area (TPSA) is 54.0 Å². The molecule has 1 heterocycles. The van der Waals surface area contributed by atoms with Gasteiger partial charge >= 0.3 is 0 Å². The summed E-state index contributed by atoms with van der Waals surface area (Å²) in [6.45, 7) is 0.591. The van der Waals surface area contributed by atoms with Crippen LogP contribution < -0.4 is 10.6 Å². The summed E-state index contributed by atoms with van der Waals surface area (Å²) in [5.74, 6) is -0.473. The average Bonchev–Trinajstić information content (AvgIpc) is 2.64. The van der Waals surface area contributed by atoms with Crippen molar-refractivity contribution in [3.05, 3.63) is 89.6 Å². The Morgan fingerprint density at radius 1 is 0.962 bits per heavy atom. The van der Waals surface area contributed by atoms with Gasteiger partial charge in [-0.1, -0.05) is 18.2 Å². The van der Waals surface area contributed by atoms with E-state index in [0.29, 0.717) is 30.0 Å². The van der Waals surface area contributed by atoms with Gasteiger partial charge in [-0.15, -0.1) is 0 Å². The number of rotatable bonds is 6. The molecule has 1 amide bonds. The minimum absolute atomic E-state index is 0.264. The first kappa shape index (κ1) is 17.5. The second kappa shape index (κ2) is 8.20. The summed E-state index contributed by atoms with van der Waals surface area (Å²) in [5, 5.41) is 5.77. The summed E-state index contributed by atoms with van der Waals surface area (Å²) in [6.07, 6.45) is 2.22. The maximum atomic E-state index is 13.2. The lowest BCUT2D eigenvalue weighted by atomic mass is 10.1. The highest BCUT2D eigenvalue weighted by Gasteiger charge is 2.08. The SMILES string of the molecule is O=C(Nc1cccc(F)c1)c1ccnc(NCCc2ccc(F)cc2)c1. The Kier molecular flexibility index (Phi) is 5.53. The molecule has 0 aliphatic heterocycles. The van der Waals surface area contributed by atoms with Gasteiger partial charge in [0.15, 0.2) is 0 Å². The molecule has 0 unspecified atom stereocenters. The number of pyridine rings is 1. The standard InChI is InChI=1S/C20H17F2N3O/c21-16-6-4-14(5-7-16)8-10-23-19-12-15(9-11-24-19)20(26)25-18-3-1-2-17(22)13-18/h1-7,9,11-13H,8,10H2,(H,23,24)(H,25,26). The largest absolute Gasteiger partial charge is 0.370 e. The van der Waals surface area contributed by atoms with Gasteiger partial charge in [-0.05, 0) is 54.4 Å². The summed E-state index contributed by atoms with van der Waals surface area (Å²) < 4.78 is 26.1. The van der Waals surface area contributed by atoms with Crippen LogP contribution in [0.15, 0.2) is 66.9 Å². The van der Waals surface area contributed by atoms with E-state index >= 15 is 0 Å². The van der Waals surface area contributed by atoms with Gasteiger partial charge < -0.3 is 10.6 Å². The Balaban J connectivity index is 1.58. The van der Waals surface area contributed by atoms with Crippen LogP contribution in [0, 0.1) is 11.6 Å². The first-order valence-electron chi connectivity index (χ1n) is 8.11. The smallest absolute Gasteiger partial charge is 0.255 e. The summed E-state index contributed by atoms with van der Waals surface area (Å²) in [6, 6.07) is 15.2. The molecular weight excluding hydrogens is 336 g/mol. The maximum absolute atomic E-state index is 13.2. The lowest BCUT2D eigenvalue weighted by Gasteiger charge is -2.09. The zero-order chi connectivity index (χ0) is 18.4. The molecule has 4 nitrogen and oxygen atoms in total. The van der Waals surface area contributed by atoms with Crippen LogP contribution in [0.4, 0.5) is 20.3 Å². The Bertz CT molecular complexity index is 898. The van der Waals surface area contributed by atoms with E-state index in [4.69, 9.17) is 0 Å². The first-order valence-corrected chi connectivity index (χ1v) is 8.11. The fourth-order valence-corrected chi connectivity index (χ4v) is 2.42. The molecule has 2 aromatic carbocycles. The van der Waals surface area contributed by atoms with Crippen LogP contribution in [-0.4, -0.2) is 17.4 Å². The van der Waals surface area contributed by atoms with Crippen molar-refractivity contribution in [3.63, 3.8) is 0 Å². The number of nitrogens with zero attached hydrogens (tertiary/aromatic N) is 1. The van der Waals surface area contributed by atoms with Crippen LogP contribution in [0.3, 0.4) is 0 Å². The molecule has 3 rings (SSSR count). The summed E-state index contributed by atoms with van der Waals surface area (Å²) in [7, 11) is 0. The Morgan fingerprint density at radius 2 is 1.77 bits per heavy atom. The number of anilines is 2. The van der Waals surface area contributed by atoms with Crippen molar-refractivity contribution in [2.24, 2.45) is 0 Å². The quantitative estimate of drug-likeness (QED) is 0.696. The minimum Gasteiger partial charge on any atom is -0.370 e. The van der Waals surface area contributed by atoms with Crippen molar-refractivity contribution < 1.29 is 13.6 Å². The summed E-state index contributed by atoms with van der Waals surface area (Å²) in [4.78, 5) is 16.5. The van der Waals surface area contributed by atoms with E-state index in [2.05, 4.69) is 15.6 Å². The molecule has 0 saturated carbocycles. The molecule has 0 radical (unpaired) electrons. The van der Waals surface area contributed by atoms with Crippen LogP contribution in [0.2, 0.25) is 0 Å². The van der Waals surface area contributed by atoms with Crippen molar-refractivity contribution in [1.29, 1.82) is 0 Å². The lowest BCUT2D eigenvalue weighted by Crippen LogP contribution is -2.13. The Morgan fingerprint density at radius 3 is 2.54 bits per heavy atom. The molecule has 0 aliphatic carbocycles. The number of carbonyl (C=O) groups is 1. The van der Waals surface area contributed by atoms with E-state index in [1.165, 1.54) is 36.5 Å². The van der Waals surface area contributed by atoms with Crippen LogP contribution in [0.1, 0.15) is 15.9 Å². The Hall–Kier alpha value is -3.28. The van der Waals surface area contributed by atoms with Gasteiger partial charge in [0.05, 0.1) is 0 Å². The zero-order valence-electron chi connectivity index (χ0n) is 13.9.